The molecule has 0 radical (unpaired) electrons. The highest BCUT2D eigenvalue weighted by molar-refractivity contribution is 6.46. The van der Waals surface area contributed by atoms with Gasteiger partial charge in [-0.3, -0.25) is 9.59 Å². The van der Waals surface area contributed by atoms with E-state index >= 15 is 0 Å². The van der Waals surface area contributed by atoms with Crippen molar-refractivity contribution < 1.29 is 19.4 Å². The predicted octanol–water partition coefficient (Wildman–Crippen LogP) is 3.56. The van der Waals surface area contributed by atoms with Crippen LogP contribution in [0.15, 0.2) is 66.4 Å². The molecule has 1 saturated heterocycles. The molecular formula is C27H30N4O4. The topological polar surface area (TPSA) is 87.9 Å². The zero-order valence-corrected chi connectivity index (χ0v) is 20.4. The maximum atomic E-state index is 13.3. The highest BCUT2D eigenvalue weighted by atomic mass is 16.5. The summed E-state index contributed by atoms with van der Waals surface area (Å²) in [4.78, 5) is 29.9. The Morgan fingerprint density at radius 3 is 2.40 bits per heavy atom. The summed E-state index contributed by atoms with van der Waals surface area (Å²) in [5.41, 5.74) is 2.71. The highest BCUT2D eigenvalue weighted by Gasteiger charge is 2.46. The molecule has 35 heavy (non-hydrogen) atoms. The summed E-state index contributed by atoms with van der Waals surface area (Å²) in [6.07, 6.45) is 2.22. The number of Topliss-reactive ketones (excluding diaryl/α,β-unsaturated/α-hetero) is 1. The summed E-state index contributed by atoms with van der Waals surface area (Å²) in [6.45, 7) is 2.98. The molecule has 1 aliphatic heterocycles. The first-order valence-electron chi connectivity index (χ1n) is 11.5. The Morgan fingerprint density at radius 2 is 1.77 bits per heavy atom. The molecule has 1 aliphatic rings. The molecule has 8 nitrogen and oxygen atoms in total. The number of aliphatic hydroxyl groups is 1. The smallest absolute Gasteiger partial charge is 0.295 e. The predicted molar refractivity (Wildman–Crippen MR) is 133 cm³/mol. The molecule has 0 aliphatic carbocycles. The second kappa shape index (κ2) is 10.1. The molecule has 1 atom stereocenters. The van der Waals surface area contributed by atoms with Gasteiger partial charge in [0.1, 0.15) is 11.5 Å². The van der Waals surface area contributed by atoms with E-state index < -0.39 is 17.7 Å². The molecule has 1 aromatic heterocycles. The van der Waals surface area contributed by atoms with Gasteiger partial charge in [-0.1, -0.05) is 30.3 Å². The van der Waals surface area contributed by atoms with Crippen LogP contribution in [0.25, 0.3) is 11.4 Å². The van der Waals surface area contributed by atoms with E-state index in [1.807, 2.05) is 68.4 Å². The van der Waals surface area contributed by atoms with Gasteiger partial charge in [-0.15, -0.1) is 0 Å². The Kier molecular flexibility index (Phi) is 7.02. The van der Waals surface area contributed by atoms with E-state index in [1.165, 1.54) is 6.20 Å². The summed E-state index contributed by atoms with van der Waals surface area (Å²) >= 11 is 0. The summed E-state index contributed by atoms with van der Waals surface area (Å²) in [7, 11) is 5.50. The highest BCUT2D eigenvalue weighted by Crippen LogP contribution is 2.40. The minimum absolute atomic E-state index is 0.0701. The van der Waals surface area contributed by atoms with Crippen LogP contribution in [0.4, 0.5) is 0 Å². The number of carbonyl (C=O) groups is 2. The first-order chi connectivity index (χ1) is 16.8. The molecule has 1 unspecified atom stereocenters. The SMILES string of the molecule is COc1ccc(C2C(=C(O)c3cnn(-c4ccccc4)c3C)C(=O)C(=O)N2CCCN(C)C)cc1. The van der Waals surface area contributed by atoms with Gasteiger partial charge in [-0.2, -0.15) is 5.10 Å². The fourth-order valence-electron chi connectivity index (χ4n) is 4.42. The molecule has 2 heterocycles. The fourth-order valence-corrected chi connectivity index (χ4v) is 4.42. The normalized spacial score (nSPS) is 17.4. The molecule has 0 spiro atoms. The van der Waals surface area contributed by atoms with Gasteiger partial charge in [0.25, 0.3) is 11.7 Å². The van der Waals surface area contributed by atoms with Crippen molar-refractivity contribution >= 4 is 17.4 Å². The summed E-state index contributed by atoms with van der Waals surface area (Å²) in [5.74, 6) is -0.864. The van der Waals surface area contributed by atoms with Gasteiger partial charge in [0.15, 0.2) is 0 Å². The Balaban J connectivity index is 1.80. The third kappa shape index (κ3) is 4.70. The van der Waals surface area contributed by atoms with E-state index in [2.05, 4.69) is 5.10 Å². The van der Waals surface area contributed by atoms with Crippen LogP contribution in [-0.2, 0) is 9.59 Å². The number of amides is 1. The standard InChI is InChI=1S/C27H30N4O4/c1-18-22(17-28-31(18)20-9-6-5-7-10-20)25(32)23-24(19-11-13-21(35-4)14-12-19)30(27(34)26(23)33)16-8-15-29(2)3/h5-7,9-14,17,24,32H,8,15-16H2,1-4H3. The number of hydrogen-bond donors (Lipinski definition) is 1. The van der Waals surface area contributed by atoms with Gasteiger partial charge in [0.2, 0.25) is 0 Å². The number of ether oxygens (including phenoxy) is 1. The Morgan fingerprint density at radius 1 is 1.09 bits per heavy atom. The zero-order valence-electron chi connectivity index (χ0n) is 20.4. The number of rotatable bonds is 8. The van der Waals surface area contributed by atoms with Crippen LogP contribution >= 0.6 is 0 Å². The first kappa shape index (κ1) is 24.2. The van der Waals surface area contributed by atoms with Crippen LogP contribution in [0.3, 0.4) is 0 Å². The van der Waals surface area contributed by atoms with Crippen molar-refractivity contribution in [3.05, 3.63) is 83.2 Å². The van der Waals surface area contributed by atoms with Gasteiger partial charge in [0, 0.05) is 6.54 Å². The van der Waals surface area contributed by atoms with Gasteiger partial charge in [-0.25, -0.2) is 4.68 Å². The summed E-state index contributed by atoms with van der Waals surface area (Å²) in [5, 5.41) is 15.8. The lowest BCUT2D eigenvalue weighted by molar-refractivity contribution is -0.139. The largest absolute Gasteiger partial charge is 0.507 e. The second-order valence-electron chi connectivity index (χ2n) is 8.81. The monoisotopic (exact) mass is 474 g/mol. The molecule has 0 bridgehead atoms. The van der Waals surface area contributed by atoms with Crippen molar-refractivity contribution in [2.75, 3.05) is 34.3 Å². The average Bonchev–Trinajstić information content (AvgIpc) is 3.36. The third-order valence-electron chi connectivity index (χ3n) is 6.24. The van der Waals surface area contributed by atoms with Crippen LogP contribution in [-0.4, -0.2) is 70.7 Å². The van der Waals surface area contributed by atoms with Crippen molar-refractivity contribution in [3.63, 3.8) is 0 Å². The van der Waals surface area contributed by atoms with E-state index in [0.717, 1.165) is 17.8 Å². The van der Waals surface area contributed by atoms with Crippen LogP contribution in [0, 0.1) is 6.92 Å². The van der Waals surface area contributed by atoms with Gasteiger partial charge < -0.3 is 19.6 Å². The maximum absolute atomic E-state index is 13.3. The molecule has 2 aromatic carbocycles. The quantitative estimate of drug-likeness (QED) is 0.305. The Hall–Kier alpha value is -3.91. The number of benzene rings is 2. The van der Waals surface area contributed by atoms with Gasteiger partial charge >= 0.3 is 0 Å². The Labute approximate surface area is 205 Å². The van der Waals surface area contributed by atoms with Gasteiger partial charge in [0.05, 0.1) is 41.9 Å². The number of nitrogens with zero attached hydrogens (tertiary/aromatic N) is 4. The molecule has 1 amide bonds. The zero-order chi connectivity index (χ0) is 25.1. The summed E-state index contributed by atoms with van der Waals surface area (Å²) < 4.78 is 6.97. The van der Waals surface area contributed by atoms with E-state index in [1.54, 1.807) is 28.8 Å². The lowest BCUT2D eigenvalue weighted by Crippen LogP contribution is -2.32. The molecule has 3 aromatic rings. The minimum Gasteiger partial charge on any atom is -0.507 e. The third-order valence-corrected chi connectivity index (χ3v) is 6.24. The van der Waals surface area contributed by atoms with Gasteiger partial charge in [-0.05, 0) is 63.8 Å². The number of likely N-dealkylation sites (tertiary alicyclic amines) is 1. The van der Waals surface area contributed by atoms with Crippen molar-refractivity contribution in [2.24, 2.45) is 0 Å². The van der Waals surface area contributed by atoms with Crippen LogP contribution in [0.2, 0.25) is 0 Å². The van der Waals surface area contributed by atoms with Crippen molar-refractivity contribution in [1.29, 1.82) is 0 Å². The first-order valence-corrected chi connectivity index (χ1v) is 11.5. The molecule has 8 heteroatoms. The average molecular weight is 475 g/mol. The molecule has 0 saturated carbocycles. The van der Waals surface area contributed by atoms with E-state index in [4.69, 9.17) is 4.74 Å². The summed E-state index contributed by atoms with van der Waals surface area (Å²) in [6, 6.07) is 16.0. The number of aromatic nitrogens is 2. The van der Waals surface area contributed by atoms with Crippen LogP contribution in [0.1, 0.15) is 29.3 Å². The van der Waals surface area contributed by atoms with E-state index in [9.17, 15) is 14.7 Å². The van der Waals surface area contributed by atoms with Crippen molar-refractivity contribution in [3.8, 4) is 11.4 Å². The van der Waals surface area contributed by atoms with Crippen LogP contribution < -0.4 is 4.74 Å². The van der Waals surface area contributed by atoms with E-state index in [-0.39, 0.29) is 11.3 Å². The number of ketones is 1. The molecule has 1 N–H and O–H groups in total. The molecule has 4 rings (SSSR count). The number of methoxy groups -OCH3 is 1. The number of aliphatic hydroxyl groups excluding tert-OH is 1. The van der Waals surface area contributed by atoms with Crippen molar-refractivity contribution in [1.82, 2.24) is 19.6 Å². The second-order valence-corrected chi connectivity index (χ2v) is 8.81. The minimum atomic E-state index is -0.706. The maximum Gasteiger partial charge on any atom is 0.295 e. The van der Waals surface area contributed by atoms with Crippen molar-refractivity contribution in [2.45, 2.75) is 19.4 Å². The number of hydrogen-bond acceptors (Lipinski definition) is 6. The van der Waals surface area contributed by atoms with E-state index in [0.29, 0.717) is 30.0 Å². The lowest BCUT2D eigenvalue weighted by atomic mass is 9.95. The molecule has 1 fully saturated rings. The number of carbonyl (C=O) groups excluding carboxylic acids is 2. The van der Waals surface area contributed by atoms with Crippen LogP contribution in [0.5, 0.6) is 5.75 Å². The lowest BCUT2D eigenvalue weighted by Gasteiger charge is -2.26. The molecular weight excluding hydrogens is 444 g/mol. The Bertz CT molecular complexity index is 1250. The number of para-hydroxylation sites is 1. The fraction of sp³-hybridized carbons (Fsp3) is 0.296. The molecule has 182 valence electrons.